The van der Waals surface area contributed by atoms with Crippen LogP contribution in [0.1, 0.15) is 49.9 Å². The average Bonchev–Trinajstić information content (AvgIpc) is 2.65. The molecule has 1 aromatic heterocycles. The van der Waals surface area contributed by atoms with Crippen LogP contribution in [0.5, 0.6) is 0 Å². The van der Waals surface area contributed by atoms with Crippen LogP contribution >= 0.6 is 0 Å². The number of hydrogen-bond acceptors (Lipinski definition) is 4. The molecule has 6 nitrogen and oxygen atoms in total. The minimum Gasteiger partial charge on any atom is -0.356 e. The second-order valence-corrected chi connectivity index (χ2v) is 7.88. The van der Waals surface area contributed by atoms with E-state index in [-0.39, 0.29) is 24.3 Å². The Balaban J connectivity index is 1.48. The summed E-state index contributed by atoms with van der Waals surface area (Å²) < 4.78 is 0. The zero-order valence-corrected chi connectivity index (χ0v) is 16.4. The fourth-order valence-electron chi connectivity index (χ4n) is 4.22. The smallest absolute Gasteiger partial charge is 0.237 e. The lowest BCUT2D eigenvalue weighted by Gasteiger charge is -2.37. The third-order valence-electron chi connectivity index (χ3n) is 5.69. The molecule has 3 rings (SSSR count). The van der Waals surface area contributed by atoms with Gasteiger partial charge in [-0.1, -0.05) is 25.3 Å². The summed E-state index contributed by atoms with van der Waals surface area (Å²) in [5.74, 6) is 0.605. The molecule has 0 aromatic carbocycles. The first-order chi connectivity index (χ1) is 13.1. The van der Waals surface area contributed by atoms with Crippen molar-refractivity contribution in [2.24, 2.45) is 5.92 Å². The summed E-state index contributed by atoms with van der Waals surface area (Å²) in [6.45, 7) is 4.98. The number of hydrogen-bond donors (Lipinski definition) is 2. The summed E-state index contributed by atoms with van der Waals surface area (Å²) in [6.07, 6.45) is 7.36. The minimum absolute atomic E-state index is 0.00689. The van der Waals surface area contributed by atoms with Crippen molar-refractivity contribution in [1.82, 2.24) is 20.5 Å². The van der Waals surface area contributed by atoms with E-state index in [2.05, 4.69) is 20.5 Å². The number of piperazine rings is 1. The summed E-state index contributed by atoms with van der Waals surface area (Å²) >= 11 is 0. The molecule has 1 aliphatic heterocycles. The fraction of sp³-hybridized carbons (Fsp3) is 0.667. The zero-order chi connectivity index (χ0) is 19.1. The Morgan fingerprint density at radius 1 is 1.30 bits per heavy atom. The highest BCUT2D eigenvalue weighted by molar-refractivity contribution is 5.88. The van der Waals surface area contributed by atoms with Crippen LogP contribution in [0, 0.1) is 12.8 Å². The van der Waals surface area contributed by atoms with Crippen LogP contribution in [0.3, 0.4) is 0 Å². The summed E-state index contributed by atoms with van der Waals surface area (Å²) in [4.78, 5) is 31.5. The van der Waals surface area contributed by atoms with Crippen LogP contribution in [0.25, 0.3) is 0 Å². The van der Waals surface area contributed by atoms with E-state index >= 15 is 0 Å². The number of nitrogens with zero attached hydrogens (tertiary/aromatic N) is 2. The number of aromatic nitrogens is 1. The van der Waals surface area contributed by atoms with Gasteiger partial charge in [-0.2, -0.15) is 0 Å². The van der Waals surface area contributed by atoms with E-state index in [1.165, 1.54) is 32.1 Å². The van der Waals surface area contributed by atoms with Crippen molar-refractivity contribution < 1.29 is 9.59 Å². The molecule has 1 aliphatic carbocycles. The molecule has 2 aliphatic rings. The van der Waals surface area contributed by atoms with E-state index < -0.39 is 0 Å². The maximum atomic E-state index is 12.4. The Kier molecular flexibility index (Phi) is 7.21. The van der Waals surface area contributed by atoms with Crippen LogP contribution < -0.4 is 10.6 Å². The fourth-order valence-corrected chi connectivity index (χ4v) is 4.22. The third-order valence-corrected chi connectivity index (χ3v) is 5.69. The van der Waals surface area contributed by atoms with Gasteiger partial charge < -0.3 is 10.6 Å². The Hall–Kier alpha value is -1.95. The highest BCUT2D eigenvalue weighted by Gasteiger charge is 2.33. The number of carbonyl (C=O) groups excluding carboxylic acids is 2. The summed E-state index contributed by atoms with van der Waals surface area (Å²) in [7, 11) is 0. The Labute approximate surface area is 162 Å². The maximum Gasteiger partial charge on any atom is 0.237 e. The predicted octanol–water partition coefficient (Wildman–Crippen LogP) is 1.82. The van der Waals surface area contributed by atoms with Gasteiger partial charge in [-0.3, -0.25) is 19.5 Å². The normalized spacial score (nSPS) is 21.7. The number of pyridine rings is 1. The predicted molar refractivity (Wildman–Crippen MR) is 105 cm³/mol. The first-order valence-corrected chi connectivity index (χ1v) is 10.3. The molecule has 1 saturated carbocycles. The Morgan fingerprint density at radius 3 is 2.89 bits per heavy atom. The molecule has 1 aromatic rings. The van der Waals surface area contributed by atoms with Crippen LogP contribution in [0.15, 0.2) is 18.2 Å². The number of carbonyl (C=O) groups is 2. The van der Waals surface area contributed by atoms with Gasteiger partial charge >= 0.3 is 0 Å². The van der Waals surface area contributed by atoms with E-state index in [1.807, 2.05) is 25.1 Å². The molecule has 0 spiro atoms. The van der Waals surface area contributed by atoms with E-state index in [1.54, 1.807) is 0 Å². The van der Waals surface area contributed by atoms with Gasteiger partial charge in [-0.05, 0) is 37.8 Å². The van der Waals surface area contributed by atoms with Gasteiger partial charge in [0.1, 0.15) is 0 Å². The number of rotatable bonds is 7. The molecule has 0 radical (unpaired) electrons. The Morgan fingerprint density at radius 2 is 2.11 bits per heavy atom. The average molecular weight is 373 g/mol. The van der Waals surface area contributed by atoms with Gasteiger partial charge in [-0.15, -0.1) is 0 Å². The molecule has 148 valence electrons. The highest BCUT2D eigenvalue weighted by Crippen LogP contribution is 2.25. The summed E-state index contributed by atoms with van der Waals surface area (Å²) in [5.41, 5.74) is 1.96. The lowest BCUT2D eigenvalue weighted by Crippen LogP contribution is -2.57. The van der Waals surface area contributed by atoms with E-state index in [9.17, 15) is 9.59 Å². The van der Waals surface area contributed by atoms with Gasteiger partial charge in [-0.25, -0.2) is 0 Å². The van der Waals surface area contributed by atoms with E-state index in [0.717, 1.165) is 24.5 Å². The topological polar surface area (TPSA) is 74.3 Å². The largest absolute Gasteiger partial charge is 0.356 e. The molecule has 27 heavy (non-hydrogen) atoms. The minimum atomic E-state index is -0.335. The van der Waals surface area contributed by atoms with Gasteiger partial charge in [0.2, 0.25) is 11.8 Å². The molecule has 6 heteroatoms. The lowest BCUT2D eigenvalue weighted by molar-refractivity contribution is -0.134. The van der Waals surface area contributed by atoms with Crippen molar-refractivity contribution in [2.45, 2.75) is 57.9 Å². The number of nitrogens with one attached hydrogen (secondary N) is 2. The van der Waals surface area contributed by atoms with Crippen molar-refractivity contribution in [2.75, 3.05) is 26.2 Å². The van der Waals surface area contributed by atoms with Crippen LogP contribution in [-0.2, 0) is 16.0 Å². The molecule has 0 unspecified atom stereocenters. The van der Waals surface area contributed by atoms with Crippen molar-refractivity contribution in [3.63, 3.8) is 0 Å². The first-order valence-electron chi connectivity index (χ1n) is 10.3. The molecular weight excluding hydrogens is 340 g/mol. The van der Waals surface area contributed by atoms with Gasteiger partial charge in [0.05, 0.1) is 12.5 Å². The summed E-state index contributed by atoms with van der Waals surface area (Å²) in [5, 5.41) is 5.88. The van der Waals surface area contributed by atoms with Crippen LogP contribution in [-0.4, -0.2) is 53.9 Å². The van der Waals surface area contributed by atoms with Crippen LogP contribution in [0.4, 0.5) is 0 Å². The van der Waals surface area contributed by atoms with Gasteiger partial charge in [0.25, 0.3) is 0 Å². The van der Waals surface area contributed by atoms with Crippen molar-refractivity contribution in [1.29, 1.82) is 0 Å². The van der Waals surface area contributed by atoms with Crippen molar-refractivity contribution in [3.8, 4) is 0 Å². The first kappa shape index (κ1) is 19.8. The van der Waals surface area contributed by atoms with Gasteiger partial charge in [0.15, 0.2) is 0 Å². The second kappa shape index (κ2) is 9.83. The molecule has 0 bridgehead atoms. The highest BCUT2D eigenvalue weighted by atomic mass is 16.2. The maximum absolute atomic E-state index is 12.4. The SMILES string of the molecule is Cc1cccc(CCNC(=O)C[C@H]2C(=O)NCCN2CC2CCCCC2)n1. The standard InChI is InChI=1S/C21H32N4O2/c1-16-6-5-9-18(24-16)10-11-22-20(26)14-19-21(27)23-12-13-25(19)15-17-7-3-2-4-8-17/h5-6,9,17,19H,2-4,7-8,10-15H2,1H3,(H,22,26)(H,23,27)/t19-/m0/s1. The second-order valence-electron chi connectivity index (χ2n) is 7.88. The Bertz CT molecular complexity index is 643. The molecule has 2 heterocycles. The molecule has 2 fully saturated rings. The van der Waals surface area contributed by atoms with E-state index in [0.29, 0.717) is 25.4 Å². The number of amides is 2. The molecule has 1 saturated heterocycles. The quantitative estimate of drug-likeness (QED) is 0.766. The molecular formula is C21H32N4O2. The summed E-state index contributed by atoms with van der Waals surface area (Å²) in [6, 6.07) is 5.58. The lowest BCUT2D eigenvalue weighted by atomic mass is 9.88. The van der Waals surface area contributed by atoms with Gasteiger partial charge in [0, 0.05) is 44.0 Å². The van der Waals surface area contributed by atoms with Crippen molar-refractivity contribution >= 4 is 11.8 Å². The monoisotopic (exact) mass is 372 g/mol. The number of aryl methyl sites for hydroxylation is 1. The van der Waals surface area contributed by atoms with Crippen LogP contribution in [0.2, 0.25) is 0 Å². The third kappa shape index (κ3) is 6.03. The molecule has 2 N–H and O–H groups in total. The molecule has 1 atom stereocenters. The zero-order valence-electron chi connectivity index (χ0n) is 16.4. The molecule has 2 amide bonds. The van der Waals surface area contributed by atoms with E-state index in [4.69, 9.17) is 0 Å². The van der Waals surface area contributed by atoms with Crippen molar-refractivity contribution in [3.05, 3.63) is 29.6 Å².